The van der Waals surface area contributed by atoms with Crippen LogP contribution in [0.15, 0.2) is 146 Å². The van der Waals surface area contributed by atoms with E-state index in [0.29, 0.717) is 0 Å². The number of aryl methyl sites for hydroxylation is 4. The molecule has 45 heavy (non-hydrogen) atoms. The summed E-state index contributed by atoms with van der Waals surface area (Å²) in [4.78, 5) is 0. The van der Waals surface area contributed by atoms with Crippen LogP contribution in [0.3, 0.4) is 0 Å². The van der Waals surface area contributed by atoms with Crippen molar-refractivity contribution < 1.29 is 15.9 Å². The topological polar surface area (TPSA) is 0 Å². The van der Waals surface area contributed by atoms with E-state index in [4.69, 9.17) is 19.1 Å². The second-order valence-electron chi connectivity index (χ2n) is 11.0. The Hall–Kier alpha value is -2.58. The zero-order valence-electron chi connectivity index (χ0n) is 25.8. The van der Waals surface area contributed by atoms with E-state index in [1.54, 1.807) is 0 Å². The third kappa shape index (κ3) is 8.05. The van der Waals surface area contributed by atoms with Gasteiger partial charge >= 0.3 is 35.0 Å². The first kappa shape index (κ1) is 33.8. The van der Waals surface area contributed by atoms with Crippen LogP contribution in [0.4, 0.5) is 0 Å². The molecule has 5 heteroatoms. The fourth-order valence-electron chi connectivity index (χ4n) is 6.06. The standard InChI is InChI=1S/C40H36P2.2ClH.Pd/c1-29-25-31(3)39(37(27-29)41(33-17-9-5-10-18-33)34-19-11-6-12-20-34)40-32(4)26-30(2)28-38(40)42(35-21-13-7-14-22-35)36-23-15-8-16-24-36;;;/h5-28H,1-4H3;2*1H;/q;;;+2/p-2. The van der Waals surface area contributed by atoms with Crippen LogP contribution in [0.25, 0.3) is 11.1 Å². The predicted molar refractivity (Wildman–Crippen MR) is 200 cm³/mol. The molecular weight excluding hydrogens is 720 g/mol. The second kappa shape index (κ2) is 16.3. The average molecular weight is 756 g/mol. The Balaban J connectivity index is 0.00000128. The van der Waals surface area contributed by atoms with Crippen LogP contribution in [0.5, 0.6) is 0 Å². The monoisotopic (exact) mass is 754 g/mol. The molecule has 230 valence electrons. The van der Waals surface area contributed by atoms with E-state index in [0.717, 1.165) is 0 Å². The molecule has 0 nitrogen and oxygen atoms in total. The molecule has 0 heterocycles. The van der Waals surface area contributed by atoms with Crippen molar-refractivity contribution in [3.05, 3.63) is 168 Å². The third-order valence-corrected chi connectivity index (χ3v) is 12.6. The summed E-state index contributed by atoms with van der Waals surface area (Å²) in [7, 11) is 8.08. The van der Waals surface area contributed by atoms with Crippen molar-refractivity contribution in [2.45, 2.75) is 27.7 Å². The minimum atomic E-state index is -0.776. The molecule has 0 aliphatic rings. The molecule has 6 aromatic carbocycles. The van der Waals surface area contributed by atoms with Crippen LogP contribution in [0.1, 0.15) is 22.3 Å². The van der Waals surface area contributed by atoms with E-state index >= 15 is 0 Å². The average Bonchev–Trinajstić information content (AvgIpc) is 3.04. The molecule has 6 rings (SSSR count). The summed E-state index contributed by atoms with van der Waals surface area (Å²) in [6.07, 6.45) is 0. The van der Waals surface area contributed by atoms with Crippen LogP contribution >= 0.6 is 34.9 Å². The van der Waals surface area contributed by atoms with Gasteiger partial charge in [0.1, 0.15) is 0 Å². The van der Waals surface area contributed by atoms with Gasteiger partial charge in [0.05, 0.1) is 0 Å². The fraction of sp³-hybridized carbons (Fsp3) is 0.100. The first-order valence-electron chi connectivity index (χ1n) is 14.8. The van der Waals surface area contributed by atoms with E-state index in [-0.39, 0.29) is 15.9 Å². The van der Waals surface area contributed by atoms with Crippen LogP contribution in [-0.4, -0.2) is 0 Å². The number of rotatable bonds is 7. The molecule has 0 radical (unpaired) electrons. The van der Waals surface area contributed by atoms with Gasteiger partial charge in [-0.05, 0) is 97.6 Å². The summed E-state index contributed by atoms with van der Waals surface area (Å²) < 4.78 is 0. The minimum absolute atomic E-state index is 0.106. The van der Waals surface area contributed by atoms with E-state index in [1.165, 1.54) is 65.2 Å². The summed E-state index contributed by atoms with van der Waals surface area (Å²) in [6.45, 7) is 9.11. The van der Waals surface area contributed by atoms with Gasteiger partial charge in [0, 0.05) is 0 Å². The maximum absolute atomic E-state index is 4.81. The number of benzene rings is 6. The van der Waals surface area contributed by atoms with Crippen molar-refractivity contribution in [1.82, 2.24) is 0 Å². The molecule has 0 aliphatic carbocycles. The van der Waals surface area contributed by atoms with Gasteiger partial charge in [0.25, 0.3) is 0 Å². The molecule has 0 amide bonds. The van der Waals surface area contributed by atoms with Crippen LogP contribution < -0.4 is 31.8 Å². The van der Waals surface area contributed by atoms with Crippen molar-refractivity contribution in [2.75, 3.05) is 0 Å². The first-order chi connectivity index (χ1) is 21.9. The van der Waals surface area contributed by atoms with Crippen LogP contribution in [0, 0.1) is 27.7 Å². The van der Waals surface area contributed by atoms with E-state index in [1.807, 2.05) is 0 Å². The molecule has 0 aliphatic heterocycles. The molecular formula is C40H36Cl2P2Pd. The van der Waals surface area contributed by atoms with Crippen molar-refractivity contribution in [3.63, 3.8) is 0 Å². The SMILES string of the molecule is Cc1cc(C)c(-c2c(C)cc(C)cc2P(c2ccccc2)c2ccccc2)c(P(c2ccccc2)c2ccccc2)c1.[Cl][Pd][Cl]. The van der Waals surface area contributed by atoms with Gasteiger partial charge in [-0.1, -0.05) is 157 Å². The zero-order chi connectivity index (χ0) is 31.8. The Morgan fingerprint density at radius 1 is 0.400 bits per heavy atom. The third-order valence-electron chi connectivity index (χ3n) is 7.71. The van der Waals surface area contributed by atoms with Gasteiger partial charge in [0.15, 0.2) is 0 Å². The van der Waals surface area contributed by atoms with E-state index < -0.39 is 15.8 Å². The first-order valence-corrected chi connectivity index (χ1v) is 21.5. The Kier molecular flexibility index (Phi) is 12.2. The van der Waals surface area contributed by atoms with Gasteiger partial charge in [-0.25, -0.2) is 0 Å². The summed E-state index contributed by atoms with van der Waals surface area (Å²) in [5, 5.41) is 8.39. The maximum atomic E-state index is 4.81. The van der Waals surface area contributed by atoms with Crippen LogP contribution in [0.2, 0.25) is 0 Å². The van der Waals surface area contributed by atoms with Crippen molar-refractivity contribution >= 4 is 66.7 Å². The summed E-state index contributed by atoms with van der Waals surface area (Å²) in [6, 6.07) is 54.1. The van der Waals surface area contributed by atoms with E-state index in [2.05, 4.69) is 173 Å². The Morgan fingerprint density at radius 3 is 0.889 bits per heavy atom. The second-order valence-corrected chi connectivity index (χ2v) is 17.7. The number of halogens is 2. The van der Waals surface area contributed by atoms with Crippen molar-refractivity contribution in [2.24, 2.45) is 0 Å². The van der Waals surface area contributed by atoms with E-state index in [9.17, 15) is 0 Å². The predicted octanol–water partition coefficient (Wildman–Crippen LogP) is 9.48. The zero-order valence-corrected chi connectivity index (χ0v) is 30.7. The van der Waals surface area contributed by atoms with Gasteiger partial charge in [0.2, 0.25) is 0 Å². The Morgan fingerprint density at radius 2 is 0.644 bits per heavy atom. The molecule has 0 aromatic heterocycles. The molecule has 0 fully saturated rings. The molecule has 0 bridgehead atoms. The number of hydrogen-bond acceptors (Lipinski definition) is 0. The van der Waals surface area contributed by atoms with Gasteiger partial charge < -0.3 is 0 Å². The van der Waals surface area contributed by atoms with Crippen molar-refractivity contribution in [3.8, 4) is 11.1 Å². The van der Waals surface area contributed by atoms with Gasteiger partial charge in [-0.2, -0.15) is 0 Å². The van der Waals surface area contributed by atoms with Gasteiger partial charge in [-0.3, -0.25) is 0 Å². The molecule has 0 saturated heterocycles. The molecule has 0 atom stereocenters. The molecule has 0 saturated carbocycles. The van der Waals surface area contributed by atoms with Crippen LogP contribution in [-0.2, 0) is 15.9 Å². The number of hydrogen-bond donors (Lipinski definition) is 0. The normalized spacial score (nSPS) is 11.0. The summed E-state index contributed by atoms with van der Waals surface area (Å²) in [5.74, 6) is 0. The van der Waals surface area contributed by atoms with Gasteiger partial charge in [-0.15, -0.1) is 0 Å². The molecule has 0 N–H and O–H groups in total. The fourth-order valence-corrected chi connectivity index (χ4v) is 11.3. The summed E-state index contributed by atoms with van der Waals surface area (Å²) in [5.41, 5.74) is 8.09. The molecule has 6 aromatic rings. The Bertz CT molecular complexity index is 1610. The summed E-state index contributed by atoms with van der Waals surface area (Å²) >= 11 is -0.106. The molecule has 0 spiro atoms. The van der Waals surface area contributed by atoms with Crippen molar-refractivity contribution in [1.29, 1.82) is 0 Å². The Labute approximate surface area is 287 Å². The quantitative estimate of drug-likeness (QED) is 0.113. The molecule has 0 unspecified atom stereocenters.